The van der Waals surface area contributed by atoms with Crippen molar-refractivity contribution < 1.29 is 0 Å². The molecule has 12 heavy (non-hydrogen) atoms. The third kappa shape index (κ3) is 2.48. The van der Waals surface area contributed by atoms with E-state index in [1.807, 2.05) is 0 Å². The molecule has 1 saturated heterocycles. The van der Waals surface area contributed by atoms with Gasteiger partial charge in [-0.1, -0.05) is 20.3 Å². The maximum absolute atomic E-state index is 2.63. The highest BCUT2D eigenvalue weighted by molar-refractivity contribution is 4.78. The Morgan fingerprint density at radius 1 is 1.33 bits per heavy atom. The van der Waals surface area contributed by atoms with Gasteiger partial charge in [-0.25, -0.2) is 0 Å². The molecule has 1 heteroatoms. The number of hydrogen-bond acceptors (Lipinski definition) is 1. The Balaban J connectivity index is 2.45. The van der Waals surface area contributed by atoms with E-state index in [0.717, 1.165) is 17.9 Å². The van der Waals surface area contributed by atoms with Gasteiger partial charge in [0, 0.05) is 19.1 Å². The standard InChI is InChI=1S/C11H23N/c1-5-11-6-10(4)7-12(8-11)9(2)3/h9-11H,5-8H2,1-4H3. The summed E-state index contributed by atoms with van der Waals surface area (Å²) in [6.07, 6.45) is 2.80. The van der Waals surface area contributed by atoms with Crippen LogP contribution in [0.15, 0.2) is 0 Å². The Bertz CT molecular complexity index is 131. The van der Waals surface area contributed by atoms with E-state index < -0.39 is 0 Å². The molecule has 0 bridgehead atoms. The van der Waals surface area contributed by atoms with E-state index in [2.05, 4.69) is 32.6 Å². The number of nitrogens with zero attached hydrogens (tertiary/aromatic N) is 1. The summed E-state index contributed by atoms with van der Waals surface area (Å²) in [4.78, 5) is 2.63. The summed E-state index contributed by atoms with van der Waals surface area (Å²) in [5.74, 6) is 1.86. The van der Waals surface area contributed by atoms with Crippen molar-refractivity contribution in [1.29, 1.82) is 0 Å². The van der Waals surface area contributed by atoms with Crippen molar-refractivity contribution >= 4 is 0 Å². The summed E-state index contributed by atoms with van der Waals surface area (Å²) in [5.41, 5.74) is 0. The van der Waals surface area contributed by atoms with Gasteiger partial charge >= 0.3 is 0 Å². The number of piperidine rings is 1. The summed E-state index contributed by atoms with van der Waals surface area (Å²) in [5, 5.41) is 0. The Morgan fingerprint density at radius 3 is 2.50 bits per heavy atom. The molecule has 0 saturated carbocycles. The second-order valence-corrected chi connectivity index (χ2v) is 4.66. The van der Waals surface area contributed by atoms with Crippen LogP contribution in [0.5, 0.6) is 0 Å². The fraction of sp³-hybridized carbons (Fsp3) is 1.00. The van der Waals surface area contributed by atoms with Crippen molar-refractivity contribution in [3.63, 3.8) is 0 Å². The highest BCUT2D eigenvalue weighted by Gasteiger charge is 2.24. The zero-order valence-electron chi connectivity index (χ0n) is 9.01. The van der Waals surface area contributed by atoms with E-state index in [9.17, 15) is 0 Å². The van der Waals surface area contributed by atoms with Crippen molar-refractivity contribution in [3.8, 4) is 0 Å². The average molecular weight is 169 g/mol. The molecule has 1 rings (SSSR count). The third-order valence-corrected chi connectivity index (χ3v) is 3.08. The van der Waals surface area contributed by atoms with Crippen molar-refractivity contribution in [2.45, 2.75) is 46.6 Å². The average Bonchev–Trinajstić information content (AvgIpc) is 2.03. The van der Waals surface area contributed by atoms with Crippen LogP contribution in [0, 0.1) is 11.8 Å². The predicted octanol–water partition coefficient (Wildman–Crippen LogP) is 2.76. The SMILES string of the molecule is CCC1CC(C)CN(C(C)C)C1. The van der Waals surface area contributed by atoms with Gasteiger partial charge in [0.1, 0.15) is 0 Å². The molecule has 0 radical (unpaired) electrons. The Labute approximate surface area is 77.1 Å². The molecular weight excluding hydrogens is 146 g/mol. The summed E-state index contributed by atoms with van der Waals surface area (Å²) < 4.78 is 0. The number of rotatable bonds is 2. The molecule has 0 aliphatic carbocycles. The molecule has 2 unspecified atom stereocenters. The van der Waals surface area contributed by atoms with Crippen molar-refractivity contribution in [3.05, 3.63) is 0 Å². The number of hydrogen-bond donors (Lipinski definition) is 0. The monoisotopic (exact) mass is 169 g/mol. The minimum absolute atomic E-state index is 0.738. The molecule has 0 spiro atoms. The molecule has 0 N–H and O–H groups in total. The first-order chi connectivity index (χ1) is 5.63. The Hall–Kier alpha value is -0.0400. The molecule has 1 aliphatic heterocycles. The normalized spacial score (nSPS) is 32.8. The largest absolute Gasteiger partial charge is 0.300 e. The van der Waals surface area contributed by atoms with Crippen LogP contribution in [0.4, 0.5) is 0 Å². The van der Waals surface area contributed by atoms with Gasteiger partial charge in [0.25, 0.3) is 0 Å². The van der Waals surface area contributed by atoms with Gasteiger partial charge in [-0.05, 0) is 32.1 Å². The Morgan fingerprint density at radius 2 is 2.00 bits per heavy atom. The van der Waals surface area contributed by atoms with Crippen LogP contribution >= 0.6 is 0 Å². The van der Waals surface area contributed by atoms with Crippen LogP contribution in [-0.4, -0.2) is 24.0 Å². The van der Waals surface area contributed by atoms with Crippen molar-refractivity contribution in [2.24, 2.45) is 11.8 Å². The van der Waals surface area contributed by atoms with E-state index in [1.54, 1.807) is 0 Å². The molecule has 2 atom stereocenters. The van der Waals surface area contributed by atoms with Crippen LogP contribution < -0.4 is 0 Å². The molecule has 0 aromatic rings. The third-order valence-electron chi connectivity index (χ3n) is 3.08. The van der Waals surface area contributed by atoms with Crippen molar-refractivity contribution in [1.82, 2.24) is 4.90 Å². The van der Waals surface area contributed by atoms with E-state index in [4.69, 9.17) is 0 Å². The van der Waals surface area contributed by atoms with Gasteiger partial charge in [0.15, 0.2) is 0 Å². The highest BCUT2D eigenvalue weighted by atomic mass is 15.2. The Kier molecular flexibility index (Phi) is 3.57. The van der Waals surface area contributed by atoms with Gasteiger partial charge in [-0.3, -0.25) is 0 Å². The summed E-state index contributed by atoms with van der Waals surface area (Å²) in [7, 11) is 0. The van der Waals surface area contributed by atoms with Crippen molar-refractivity contribution in [2.75, 3.05) is 13.1 Å². The van der Waals surface area contributed by atoms with E-state index >= 15 is 0 Å². The molecule has 0 aromatic carbocycles. The van der Waals surface area contributed by atoms with Crippen LogP contribution in [0.25, 0.3) is 0 Å². The summed E-state index contributed by atoms with van der Waals surface area (Å²) in [6.45, 7) is 12.0. The quantitative estimate of drug-likeness (QED) is 0.614. The lowest BCUT2D eigenvalue weighted by atomic mass is 9.88. The zero-order valence-corrected chi connectivity index (χ0v) is 9.01. The minimum atomic E-state index is 0.738. The molecule has 1 fully saturated rings. The minimum Gasteiger partial charge on any atom is -0.300 e. The molecule has 0 aromatic heterocycles. The zero-order chi connectivity index (χ0) is 9.14. The van der Waals surface area contributed by atoms with Gasteiger partial charge in [-0.15, -0.1) is 0 Å². The van der Waals surface area contributed by atoms with E-state index in [0.29, 0.717) is 0 Å². The maximum Gasteiger partial charge on any atom is 0.00388 e. The van der Waals surface area contributed by atoms with Crippen LogP contribution in [0.2, 0.25) is 0 Å². The lowest BCUT2D eigenvalue weighted by Gasteiger charge is -2.38. The topological polar surface area (TPSA) is 3.24 Å². The fourth-order valence-corrected chi connectivity index (χ4v) is 2.24. The second kappa shape index (κ2) is 4.27. The molecule has 72 valence electrons. The van der Waals surface area contributed by atoms with E-state index in [-0.39, 0.29) is 0 Å². The van der Waals surface area contributed by atoms with E-state index in [1.165, 1.54) is 25.9 Å². The second-order valence-electron chi connectivity index (χ2n) is 4.66. The maximum atomic E-state index is 2.63. The molecule has 1 heterocycles. The summed E-state index contributed by atoms with van der Waals surface area (Å²) >= 11 is 0. The molecule has 1 nitrogen and oxygen atoms in total. The fourth-order valence-electron chi connectivity index (χ4n) is 2.24. The van der Waals surface area contributed by atoms with Gasteiger partial charge in [0.05, 0.1) is 0 Å². The molecular formula is C11H23N. The van der Waals surface area contributed by atoms with Gasteiger partial charge < -0.3 is 4.90 Å². The lowest BCUT2D eigenvalue weighted by Crippen LogP contribution is -2.43. The number of likely N-dealkylation sites (tertiary alicyclic amines) is 1. The van der Waals surface area contributed by atoms with Gasteiger partial charge in [0.2, 0.25) is 0 Å². The molecule has 0 amide bonds. The highest BCUT2D eigenvalue weighted by Crippen LogP contribution is 2.24. The molecule has 1 aliphatic rings. The van der Waals surface area contributed by atoms with Crippen LogP contribution in [-0.2, 0) is 0 Å². The summed E-state index contributed by atoms with van der Waals surface area (Å²) in [6, 6.07) is 0.738. The predicted molar refractivity (Wildman–Crippen MR) is 54.3 cm³/mol. The van der Waals surface area contributed by atoms with Crippen LogP contribution in [0.3, 0.4) is 0 Å². The van der Waals surface area contributed by atoms with Crippen LogP contribution in [0.1, 0.15) is 40.5 Å². The lowest BCUT2D eigenvalue weighted by molar-refractivity contribution is 0.101. The first-order valence-electron chi connectivity index (χ1n) is 5.37. The first kappa shape index (κ1) is 10.0. The first-order valence-corrected chi connectivity index (χ1v) is 5.37. The van der Waals surface area contributed by atoms with Gasteiger partial charge in [-0.2, -0.15) is 0 Å². The smallest absolute Gasteiger partial charge is 0.00388 e.